The lowest BCUT2D eigenvalue weighted by Gasteiger charge is -2.06. The van der Waals surface area contributed by atoms with Crippen LogP contribution in [0.15, 0.2) is 48.5 Å². The average molecular weight is 291 g/mol. The Morgan fingerprint density at radius 3 is 2.59 bits per heavy atom. The molecule has 0 aliphatic heterocycles. The standard InChI is InChI=1S/C16H13N5O/c17-16-19-15-12-3-1-2-4-13(12)18-14(21(15)20-16)9-10-5-7-11(22)8-6-10/h1-8,22H,9H2,(H2,17,20). The molecule has 0 spiro atoms. The number of nitrogens with two attached hydrogens (primary N) is 1. The summed E-state index contributed by atoms with van der Waals surface area (Å²) in [5, 5.41) is 14.5. The molecule has 0 bridgehead atoms. The summed E-state index contributed by atoms with van der Waals surface area (Å²) in [5.74, 6) is 1.22. The number of rotatable bonds is 2. The van der Waals surface area contributed by atoms with Crippen molar-refractivity contribution in [2.45, 2.75) is 6.42 Å². The molecule has 0 fully saturated rings. The van der Waals surface area contributed by atoms with E-state index in [2.05, 4.69) is 15.1 Å². The highest BCUT2D eigenvalue weighted by atomic mass is 16.3. The molecule has 0 atom stereocenters. The van der Waals surface area contributed by atoms with E-state index < -0.39 is 0 Å². The second-order valence-electron chi connectivity index (χ2n) is 5.09. The van der Waals surface area contributed by atoms with Crippen molar-refractivity contribution in [2.24, 2.45) is 0 Å². The Bertz CT molecular complexity index is 975. The van der Waals surface area contributed by atoms with Gasteiger partial charge in [-0.15, -0.1) is 5.10 Å². The molecule has 22 heavy (non-hydrogen) atoms. The van der Waals surface area contributed by atoms with Gasteiger partial charge in [-0.2, -0.15) is 9.50 Å². The van der Waals surface area contributed by atoms with Crippen molar-refractivity contribution in [1.82, 2.24) is 19.6 Å². The summed E-state index contributed by atoms with van der Waals surface area (Å²) >= 11 is 0. The minimum Gasteiger partial charge on any atom is -0.508 e. The summed E-state index contributed by atoms with van der Waals surface area (Å²) < 4.78 is 1.69. The highest BCUT2D eigenvalue weighted by Gasteiger charge is 2.12. The molecule has 2 aromatic carbocycles. The van der Waals surface area contributed by atoms with E-state index in [1.165, 1.54) is 0 Å². The maximum Gasteiger partial charge on any atom is 0.240 e. The first-order chi connectivity index (χ1) is 10.7. The fourth-order valence-electron chi connectivity index (χ4n) is 2.54. The number of para-hydroxylation sites is 1. The molecule has 0 aliphatic rings. The number of anilines is 1. The molecule has 0 aliphatic carbocycles. The number of nitrogens with zero attached hydrogens (tertiary/aromatic N) is 4. The Morgan fingerprint density at radius 2 is 1.77 bits per heavy atom. The Hall–Kier alpha value is -3.15. The minimum atomic E-state index is 0.227. The van der Waals surface area contributed by atoms with Crippen LogP contribution in [0.2, 0.25) is 0 Å². The average Bonchev–Trinajstić information content (AvgIpc) is 2.92. The van der Waals surface area contributed by atoms with Crippen LogP contribution in [0, 0.1) is 0 Å². The quantitative estimate of drug-likeness (QED) is 0.590. The maximum absolute atomic E-state index is 9.38. The van der Waals surface area contributed by atoms with Gasteiger partial charge in [0.15, 0.2) is 5.65 Å². The van der Waals surface area contributed by atoms with Gasteiger partial charge in [0.2, 0.25) is 5.95 Å². The lowest BCUT2D eigenvalue weighted by molar-refractivity contribution is 0.475. The van der Waals surface area contributed by atoms with Crippen LogP contribution in [0.4, 0.5) is 5.95 Å². The molecule has 2 heterocycles. The van der Waals surface area contributed by atoms with Gasteiger partial charge in [0.1, 0.15) is 11.6 Å². The molecule has 0 radical (unpaired) electrons. The molecule has 6 heteroatoms. The van der Waals surface area contributed by atoms with Crippen molar-refractivity contribution >= 4 is 22.5 Å². The third-order valence-corrected chi connectivity index (χ3v) is 3.56. The monoisotopic (exact) mass is 291 g/mol. The van der Waals surface area contributed by atoms with E-state index in [9.17, 15) is 5.11 Å². The molecule has 0 saturated heterocycles. The first kappa shape index (κ1) is 12.6. The SMILES string of the molecule is Nc1nc2c3ccccc3nc(Cc3ccc(O)cc3)n2n1. The second kappa shape index (κ2) is 4.70. The number of phenolic OH excluding ortho intramolecular Hbond substituents is 1. The normalized spacial score (nSPS) is 11.3. The number of hydrogen-bond acceptors (Lipinski definition) is 5. The Morgan fingerprint density at radius 1 is 1.00 bits per heavy atom. The summed E-state index contributed by atoms with van der Waals surface area (Å²) in [4.78, 5) is 8.98. The molecule has 0 unspecified atom stereocenters. The number of fused-ring (bicyclic) bond motifs is 3. The first-order valence-corrected chi connectivity index (χ1v) is 6.88. The van der Waals surface area contributed by atoms with Crippen molar-refractivity contribution < 1.29 is 5.11 Å². The summed E-state index contributed by atoms with van der Waals surface area (Å²) in [5.41, 5.74) is 8.35. The zero-order valence-electron chi connectivity index (χ0n) is 11.6. The van der Waals surface area contributed by atoms with Crippen LogP contribution >= 0.6 is 0 Å². The largest absolute Gasteiger partial charge is 0.508 e. The lowest BCUT2D eigenvalue weighted by atomic mass is 10.1. The number of nitrogen functional groups attached to an aromatic ring is 1. The molecule has 4 rings (SSSR count). The Balaban J connectivity index is 1.93. The van der Waals surface area contributed by atoms with Gasteiger partial charge >= 0.3 is 0 Å². The van der Waals surface area contributed by atoms with Crippen molar-refractivity contribution in [2.75, 3.05) is 5.73 Å². The van der Waals surface area contributed by atoms with Crippen LogP contribution in [0.3, 0.4) is 0 Å². The van der Waals surface area contributed by atoms with Crippen LogP contribution in [0.25, 0.3) is 16.6 Å². The third-order valence-electron chi connectivity index (χ3n) is 3.56. The zero-order valence-corrected chi connectivity index (χ0v) is 11.6. The van der Waals surface area contributed by atoms with E-state index in [4.69, 9.17) is 5.73 Å². The van der Waals surface area contributed by atoms with E-state index in [1.807, 2.05) is 36.4 Å². The van der Waals surface area contributed by atoms with Gasteiger partial charge < -0.3 is 10.8 Å². The molecule has 3 N–H and O–H groups in total. The van der Waals surface area contributed by atoms with Gasteiger partial charge in [0.05, 0.1) is 5.52 Å². The zero-order chi connectivity index (χ0) is 15.1. The summed E-state index contributed by atoms with van der Waals surface area (Å²) in [6.45, 7) is 0. The molecular weight excluding hydrogens is 278 g/mol. The summed E-state index contributed by atoms with van der Waals surface area (Å²) in [6.07, 6.45) is 0.574. The third kappa shape index (κ3) is 2.01. The van der Waals surface area contributed by atoms with Crippen LogP contribution in [0.5, 0.6) is 5.75 Å². The van der Waals surface area contributed by atoms with Gasteiger partial charge in [-0.05, 0) is 29.8 Å². The minimum absolute atomic E-state index is 0.227. The van der Waals surface area contributed by atoms with Crippen molar-refractivity contribution in [3.8, 4) is 5.75 Å². The number of aromatic nitrogens is 4. The molecule has 6 nitrogen and oxygen atoms in total. The maximum atomic E-state index is 9.38. The van der Waals surface area contributed by atoms with Gasteiger partial charge in [0.25, 0.3) is 0 Å². The van der Waals surface area contributed by atoms with Gasteiger partial charge in [-0.3, -0.25) is 0 Å². The van der Waals surface area contributed by atoms with E-state index in [0.717, 1.165) is 22.3 Å². The fraction of sp³-hybridized carbons (Fsp3) is 0.0625. The molecule has 108 valence electrons. The van der Waals surface area contributed by atoms with Gasteiger partial charge in [-0.1, -0.05) is 24.3 Å². The molecule has 4 aromatic rings. The topological polar surface area (TPSA) is 89.3 Å². The number of hydrogen-bond donors (Lipinski definition) is 2. The van der Waals surface area contributed by atoms with E-state index in [1.54, 1.807) is 16.6 Å². The van der Waals surface area contributed by atoms with Crippen LogP contribution in [-0.4, -0.2) is 24.7 Å². The number of aromatic hydroxyl groups is 1. The van der Waals surface area contributed by atoms with Crippen LogP contribution in [0.1, 0.15) is 11.4 Å². The van der Waals surface area contributed by atoms with E-state index in [-0.39, 0.29) is 11.7 Å². The fourth-order valence-corrected chi connectivity index (χ4v) is 2.54. The molecule has 0 amide bonds. The Kier molecular flexibility index (Phi) is 2.69. The molecule has 0 saturated carbocycles. The lowest BCUT2D eigenvalue weighted by Crippen LogP contribution is -2.04. The van der Waals surface area contributed by atoms with E-state index >= 15 is 0 Å². The highest BCUT2D eigenvalue weighted by molar-refractivity contribution is 5.91. The van der Waals surface area contributed by atoms with Gasteiger partial charge in [-0.25, -0.2) is 4.98 Å². The van der Waals surface area contributed by atoms with Crippen molar-refractivity contribution in [1.29, 1.82) is 0 Å². The summed E-state index contributed by atoms with van der Waals surface area (Å²) in [7, 11) is 0. The van der Waals surface area contributed by atoms with Crippen LogP contribution in [-0.2, 0) is 6.42 Å². The predicted molar refractivity (Wildman–Crippen MR) is 83.6 cm³/mol. The predicted octanol–water partition coefficient (Wildman–Crippen LogP) is 2.16. The van der Waals surface area contributed by atoms with Crippen molar-refractivity contribution in [3.63, 3.8) is 0 Å². The van der Waals surface area contributed by atoms with E-state index in [0.29, 0.717) is 12.1 Å². The van der Waals surface area contributed by atoms with Crippen molar-refractivity contribution in [3.05, 3.63) is 59.9 Å². The first-order valence-electron chi connectivity index (χ1n) is 6.88. The highest BCUT2D eigenvalue weighted by Crippen LogP contribution is 2.20. The van der Waals surface area contributed by atoms with Gasteiger partial charge in [0, 0.05) is 11.8 Å². The molecule has 2 aromatic heterocycles. The second-order valence-corrected chi connectivity index (χ2v) is 5.09. The smallest absolute Gasteiger partial charge is 0.240 e. The van der Waals surface area contributed by atoms with Crippen LogP contribution < -0.4 is 5.73 Å². The molecular formula is C16H13N5O. The number of benzene rings is 2. The summed E-state index contributed by atoms with van der Waals surface area (Å²) in [6, 6.07) is 14.8. The Labute approximate surface area is 125 Å². The number of phenols is 1.